The van der Waals surface area contributed by atoms with Crippen LogP contribution in [0.3, 0.4) is 0 Å². The molecule has 0 fully saturated rings. The largest absolute Gasteiger partial charge is 0.386 e. The van der Waals surface area contributed by atoms with Gasteiger partial charge in [0.2, 0.25) is 0 Å². The van der Waals surface area contributed by atoms with E-state index < -0.39 is 6.10 Å². The third-order valence-corrected chi connectivity index (χ3v) is 3.46. The summed E-state index contributed by atoms with van der Waals surface area (Å²) in [6.07, 6.45) is 1.22. The molecule has 0 radical (unpaired) electrons. The SMILES string of the molecule is C[C@H](N=Cc1ccc(Br)cc1)[C@H](O)c1ccccc1. The zero-order valence-corrected chi connectivity index (χ0v) is 12.3. The summed E-state index contributed by atoms with van der Waals surface area (Å²) in [4.78, 5) is 4.41. The molecule has 2 atom stereocenters. The first kappa shape index (κ1) is 14.0. The molecular weight excluding hydrogens is 302 g/mol. The molecule has 0 aliphatic heterocycles. The number of aliphatic hydroxyl groups excluding tert-OH is 1. The van der Waals surface area contributed by atoms with Crippen molar-refractivity contribution in [3.63, 3.8) is 0 Å². The van der Waals surface area contributed by atoms with Crippen LogP contribution in [0.5, 0.6) is 0 Å². The highest BCUT2D eigenvalue weighted by atomic mass is 79.9. The zero-order chi connectivity index (χ0) is 13.7. The maximum atomic E-state index is 10.2. The van der Waals surface area contributed by atoms with Crippen LogP contribution in [-0.2, 0) is 0 Å². The van der Waals surface area contributed by atoms with E-state index in [0.717, 1.165) is 15.6 Å². The van der Waals surface area contributed by atoms with E-state index >= 15 is 0 Å². The highest BCUT2D eigenvalue weighted by molar-refractivity contribution is 9.10. The molecular formula is C16H16BrNO. The second-order valence-electron chi connectivity index (χ2n) is 4.43. The molecule has 0 spiro atoms. The molecule has 0 unspecified atom stereocenters. The van der Waals surface area contributed by atoms with Gasteiger partial charge >= 0.3 is 0 Å². The van der Waals surface area contributed by atoms with Crippen LogP contribution in [0.25, 0.3) is 0 Å². The van der Waals surface area contributed by atoms with Gasteiger partial charge in [0.1, 0.15) is 6.10 Å². The number of rotatable bonds is 4. The molecule has 2 aromatic carbocycles. The second-order valence-corrected chi connectivity index (χ2v) is 5.34. The number of aliphatic imine (C=N–C) groups is 1. The molecule has 0 aliphatic rings. The zero-order valence-electron chi connectivity index (χ0n) is 10.7. The van der Waals surface area contributed by atoms with E-state index in [9.17, 15) is 5.11 Å². The smallest absolute Gasteiger partial charge is 0.101 e. The summed E-state index contributed by atoms with van der Waals surface area (Å²) in [5, 5.41) is 10.2. The summed E-state index contributed by atoms with van der Waals surface area (Å²) in [5.41, 5.74) is 1.92. The summed E-state index contributed by atoms with van der Waals surface area (Å²) in [6, 6.07) is 17.3. The summed E-state index contributed by atoms with van der Waals surface area (Å²) in [5.74, 6) is 0. The predicted octanol–water partition coefficient (Wildman–Crippen LogP) is 3.99. The van der Waals surface area contributed by atoms with Crippen molar-refractivity contribution in [1.29, 1.82) is 0 Å². The van der Waals surface area contributed by atoms with E-state index in [1.165, 1.54) is 0 Å². The molecule has 98 valence electrons. The van der Waals surface area contributed by atoms with Gasteiger partial charge in [-0.05, 0) is 30.2 Å². The maximum Gasteiger partial charge on any atom is 0.101 e. The summed E-state index contributed by atoms with van der Waals surface area (Å²) < 4.78 is 1.04. The van der Waals surface area contributed by atoms with Crippen molar-refractivity contribution in [3.8, 4) is 0 Å². The molecule has 0 saturated heterocycles. The van der Waals surface area contributed by atoms with Gasteiger partial charge in [-0.3, -0.25) is 4.99 Å². The van der Waals surface area contributed by atoms with Crippen molar-refractivity contribution in [1.82, 2.24) is 0 Å². The molecule has 19 heavy (non-hydrogen) atoms. The third kappa shape index (κ3) is 4.01. The molecule has 2 aromatic rings. The minimum absolute atomic E-state index is 0.175. The Kier molecular flexibility index (Phi) is 4.88. The monoisotopic (exact) mass is 317 g/mol. The minimum atomic E-state index is -0.576. The van der Waals surface area contributed by atoms with Gasteiger partial charge in [-0.2, -0.15) is 0 Å². The number of hydrogen-bond acceptors (Lipinski definition) is 2. The highest BCUT2D eigenvalue weighted by Gasteiger charge is 2.13. The molecule has 0 aromatic heterocycles. The van der Waals surface area contributed by atoms with Crippen LogP contribution in [-0.4, -0.2) is 17.4 Å². The Morgan fingerprint density at radius 1 is 1.05 bits per heavy atom. The van der Waals surface area contributed by atoms with Crippen LogP contribution in [0.15, 0.2) is 64.1 Å². The van der Waals surface area contributed by atoms with Gasteiger partial charge in [-0.1, -0.05) is 58.4 Å². The lowest BCUT2D eigenvalue weighted by molar-refractivity contribution is 0.154. The van der Waals surface area contributed by atoms with Crippen LogP contribution in [0.2, 0.25) is 0 Å². The van der Waals surface area contributed by atoms with Crippen LogP contribution in [0, 0.1) is 0 Å². The molecule has 0 aliphatic carbocycles. The molecule has 2 nitrogen and oxygen atoms in total. The number of benzene rings is 2. The fraction of sp³-hybridized carbons (Fsp3) is 0.188. The Balaban J connectivity index is 2.04. The lowest BCUT2D eigenvalue weighted by Gasteiger charge is -2.15. The first-order valence-corrected chi connectivity index (χ1v) is 6.98. The average molecular weight is 318 g/mol. The van der Waals surface area contributed by atoms with E-state index in [2.05, 4.69) is 20.9 Å². The molecule has 0 amide bonds. The topological polar surface area (TPSA) is 32.6 Å². The fourth-order valence-corrected chi connectivity index (χ4v) is 2.03. The molecule has 3 heteroatoms. The number of aliphatic hydroxyl groups is 1. The van der Waals surface area contributed by atoms with Gasteiger partial charge < -0.3 is 5.11 Å². The van der Waals surface area contributed by atoms with E-state index in [4.69, 9.17) is 0 Å². The third-order valence-electron chi connectivity index (χ3n) is 2.93. The highest BCUT2D eigenvalue weighted by Crippen LogP contribution is 2.18. The van der Waals surface area contributed by atoms with Crippen molar-refractivity contribution in [3.05, 3.63) is 70.2 Å². The minimum Gasteiger partial charge on any atom is -0.386 e. The normalized spacial score (nSPS) is 14.5. The Morgan fingerprint density at radius 3 is 2.32 bits per heavy atom. The van der Waals surface area contributed by atoms with Gasteiger partial charge in [0, 0.05) is 10.7 Å². The Hall–Kier alpha value is -1.45. The van der Waals surface area contributed by atoms with Crippen molar-refractivity contribution >= 4 is 22.1 Å². The van der Waals surface area contributed by atoms with Crippen molar-refractivity contribution in [2.24, 2.45) is 4.99 Å². The van der Waals surface area contributed by atoms with E-state index in [0.29, 0.717) is 0 Å². The second kappa shape index (κ2) is 6.64. The van der Waals surface area contributed by atoms with Crippen LogP contribution in [0.4, 0.5) is 0 Å². The maximum absolute atomic E-state index is 10.2. The fourth-order valence-electron chi connectivity index (χ4n) is 1.76. The number of nitrogens with zero attached hydrogens (tertiary/aromatic N) is 1. The number of halogens is 1. The van der Waals surface area contributed by atoms with Gasteiger partial charge in [-0.25, -0.2) is 0 Å². The quantitative estimate of drug-likeness (QED) is 0.850. The Morgan fingerprint density at radius 2 is 1.68 bits per heavy atom. The van der Waals surface area contributed by atoms with Crippen LogP contribution in [0.1, 0.15) is 24.2 Å². The van der Waals surface area contributed by atoms with Gasteiger partial charge in [0.05, 0.1) is 6.04 Å². The molecule has 2 rings (SSSR count). The first-order chi connectivity index (χ1) is 9.16. The molecule has 0 heterocycles. The van der Waals surface area contributed by atoms with Crippen LogP contribution < -0.4 is 0 Å². The molecule has 0 saturated carbocycles. The van der Waals surface area contributed by atoms with Gasteiger partial charge in [0.25, 0.3) is 0 Å². The van der Waals surface area contributed by atoms with Crippen LogP contribution >= 0.6 is 15.9 Å². The van der Waals surface area contributed by atoms with Gasteiger partial charge in [-0.15, -0.1) is 0 Å². The lowest BCUT2D eigenvalue weighted by atomic mass is 10.0. The Labute approximate surface area is 122 Å². The molecule has 0 bridgehead atoms. The number of hydrogen-bond donors (Lipinski definition) is 1. The summed E-state index contributed by atoms with van der Waals surface area (Å²) in [7, 11) is 0. The van der Waals surface area contributed by atoms with E-state index in [1.807, 2.05) is 61.5 Å². The lowest BCUT2D eigenvalue weighted by Crippen LogP contribution is -2.12. The summed E-state index contributed by atoms with van der Waals surface area (Å²) >= 11 is 3.39. The van der Waals surface area contributed by atoms with E-state index in [1.54, 1.807) is 6.21 Å². The van der Waals surface area contributed by atoms with Crippen molar-refractivity contribution < 1.29 is 5.11 Å². The Bertz CT molecular complexity index is 536. The van der Waals surface area contributed by atoms with Crippen molar-refractivity contribution in [2.75, 3.05) is 0 Å². The van der Waals surface area contributed by atoms with Crippen molar-refractivity contribution in [2.45, 2.75) is 19.1 Å². The molecule has 1 N–H and O–H groups in total. The van der Waals surface area contributed by atoms with Gasteiger partial charge in [0.15, 0.2) is 0 Å². The average Bonchev–Trinajstić information content (AvgIpc) is 2.46. The summed E-state index contributed by atoms with van der Waals surface area (Å²) in [6.45, 7) is 1.91. The first-order valence-electron chi connectivity index (χ1n) is 6.18. The standard InChI is InChI=1S/C16H16BrNO/c1-12(16(19)14-5-3-2-4-6-14)18-11-13-7-9-15(17)10-8-13/h2-12,16,19H,1H3/t12-,16-/m0/s1. The van der Waals surface area contributed by atoms with E-state index in [-0.39, 0.29) is 6.04 Å². The predicted molar refractivity (Wildman–Crippen MR) is 82.6 cm³/mol.